The van der Waals surface area contributed by atoms with Crippen LogP contribution in [0.1, 0.15) is 28.5 Å². The molecule has 0 radical (unpaired) electrons. The summed E-state index contributed by atoms with van der Waals surface area (Å²) in [5, 5.41) is 0. The highest BCUT2D eigenvalue weighted by atomic mass is 32.2. The van der Waals surface area contributed by atoms with E-state index in [0.717, 1.165) is 11.1 Å². The number of ether oxygens (including phenoxy) is 3. The fourth-order valence-electron chi connectivity index (χ4n) is 4.09. The fraction of sp³-hybridized carbons (Fsp3) is 0.250. The molecule has 160 valence electrons. The third-order valence-corrected chi connectivity index (χ3v) is 7.58. The standard InChI is InChI=1S/C24H23NO5S/c1-16-7-10-20(11-8-16)31(26,27)25-15-24(18-5-4-6-19(14-18)28-3)29-22-13-17(2)9-12-21(22)23(25)30-24/h4-14,23H,15H2,1-3H3/t23-,24+/m1/s1. The molecular formula is C24H23NO5S. The SMILES string of the molecule is COc1cccc([C@]23CN(S(=O)(=O)c4ccc(C)cc4)[C@H](O2)c2ccc(C)cc2O3)c1. The molecule has 5 rings (SSSR count). The minimum absolute atomic E-state index is 0.0226. The van der Waals surface area contributed by atoms with Gasteiger partial charge in [-0.15, -0.1) is 0 Å². The van der Waals surface area contributed by atoms with E-state index in [9.17, 15) is 8.42 Å². The van der Waals surface area contributed by atoms with E-state index in [2.05, 4.69) is 0 Å². The van der Waals surface area contributed by atoms with Crippen molar-refractivity contribution in [1.29, 1.82) is 0 Å². The van der Waals surface area contributed by atoms with Crippen molar-refractivity contribution in [3.63, 3.8) is 0 Å². The second-order valence-electron chi connectivity index (χ2n) is 7.96. The first-order valence-electron chi connectivity index (χ1n) is 10.0. The lowest BCUT2D eigenvalue weighted by atomic mass is 10.0. The van der Waals surface area contributed by atoms with Gasteiger partial charge in [0, 0.05) is 11.1 Å². The molecule has 1 saturated heterocycles. The average Bonchev–Trinajstić information content (AvgIpc) is 3.09. The quantitative estimate of drug-likeness (QED) is 0.610. The van der Waals surface area contributed by atoms with E-state index in [1.807, 2.05) is 56.3 Å². The van der Waals surface area contributed by atoms with E-state index >= 15 is 0 Å². The maximum absolute atomic E-state index is 13.6. The van der Waals surface area contributed by atoms with E-state index in [-0.39, 0.29) is 11.4 Å². The lowest BCUT2D eigenvalue weighted by Crippen LogP contribution is -2.39. The van der Waals surface area contributed by atoms with Crippen LogP contribution in [0.25, 0.3) is 0 Å². The van der Waals surface area contributed by atoms with E-state index in [1.54, 1.807) is 31.4 Å². The Morgan fingerprint density at radius 1 is 1.00 bits per heavy atom. The molecule has 0 N–H and O–H groups in total. The van der Waals surface area contributed by atoms with Crippen LogP contribution in [-0.4, -0.2) is 26.4 Å². The molecule has 2 heterocycles. The molecule has 0 saturated carbocycles. The summed E-state index contributed by atoms with van der Waals surface area (Å²) in [4.78, 5) is 0.226. The van der Waals surface area contributed by atoms with Crippen molar-refractivity contribution in [2.45, 2.75) is 30.8 Å². The predicted octanol–water partition coefficient (Wildman–Crippen LogP) is 4.28. The van der Waals surface area contributed by atoms with Crippen molar-refractivity contribution in [3.8, 4) is 11.5 Å². The van der Waals surface area contributed by atoms with Crippen molar-refractivity contribution >= 4 is 10.0 Å². The van der Waals surface area contributed by atoms with Gasteiger partial charge in [0.2, 0.25) is 10.0 Å². The topological polar surface area (TPSA) is 65.1 Å². The number of aryl methyl sites for hydroxylation is 2. The van der Waals surface area contributed by atoms with Gasteiger partial charge in [-0.25, -0.2) is 8.42 Å². The van der Waals surface area contributed by atoms with Gasteiger partial charge in [-0.3, -0.25) is 0 Å². The number of sulfonamides is 1. The summed E-state index contributed by atoms with van der Waals surface area (Å²) in [5.74, 6) is 0.00351. The van der Waals surface area contributed by atoms with E-state index in [4.69, 9.17) is 14.2 Å². The van der Waals surface area contributed by atoms with Crippen LogP contribution in [0.2, 0.25) is 0 Å². The van der Waals surface area contributed by atoms with Crippen LogP contribution in [0.3, 0.4) is 0 Å². The zero-order valence-electron chi connectivity index (χ0n) is 17.5. The van der Waals surface area contributed by atoms with Gasteiger partial charge in [-0.05, 0) is 49.7 Å². The molecule has 3 aromatic carbocycles. The van der Waals surface area contributed by atoms with Crippen LogP contribution in [0, 0.1) is 13.8 Å². The van der Waals surface area contributed by atoms with Gasteiger partial charge in [0.05, 0.1) is 18.6 Å². The van der Waals surface area contributed by atoms with Gasteiger partial charge < -0.3 is 14.2 Å². The molecule has 1 fully saturated rings. The maximum atomic E-state index is 13.6. The Morgan fingerprint density at radius 3 is 2.48 bits per heavy atom. The molecule has 31 heavy (non-hydrogen) atoms. The van der Waals surface area contributed by atoms with Crippen molar-refractivity contribution in [2.24, 2.45) is 0 Å². The molecule has 6 nitrogen and oxygen atoms in total. The Hall–Kier alpha value is -2.87. The fourth-order valence-corrected chi connectivity index (χ4v) is 5.59. The molecule has 0 aromatic heterocycles. The summed E-state index contributed by atoms with van der Waals surface area (Å²) < 4.78 is 46.7. The first-order chi connectivity index (χ1) is 14.8. The first kappa shape index (κ1) is 20.1. The molecule has 0 spiro atoms. The number of nitrogens with zero attached hydrogens (tertiary/aromatic N) is 1. The lowest BCUT2D eigenvalue weighted by molar-refractivity contribution is -0.194. The summed E-state index contributed by atoms with van der Waals surface area (Å²) in [6.45, 7) is 3.92. The Labute approximate surface area is 182 Å². The van der Waals surface area contributed by atoms with Gasteiger partial charge in [0.25, 0.3) is 5.79 Å². The molecule has 7 heteroatoms. The molecule has 2 aliphatic rings. The molecular weight excluding hydrogens is 414 g/mol. The molecule has 0 aliphatic carbocycles. The van der Waals surface area contributed by atoms with Crippen LogP contribution in [-0.2, 0) is 20.5 Å². The Bertz CT molecular complexity index is 1260. The van der Waals surface area contributed by atoms with Crippen molar-refractivity contribution < 1.29 is 22.6 Å². The maximum Gasteiger partial charge on any atom is 0.253 e. The summed E-state index contributed by atoms with van der Waals surface area (Å²) in [7, 11) is -2.24. The second-order valence-corrected chi connectivity index (χ2v) is 9.85. The number of hydrogen-bond donors (Lipinski definition) is 0. The van der Waals surface area contributed by atoms with Crippen molar-refractivity contribution in [2.75, 3.05) is 13.7 Å². The smallest absolute Gasteiger partial charge is 0.253 e. The van der Waals surface area contributed by atoms with Gasteiger partial charge in [0.1, 0.15) is 11.5 Å². The van der Waals surface area contributed by atoms with Gasteiger partial charge in [0.15, 0.2) is 6.23 Å². The van der Waals surface area contributed by atoms with E-state index in [0.29, 0.717) is 22.6 Å². The molecule has 2 atom stereocenters. The van der Waals surface area contributed by atoms with Gasteiger partial charge >= 0.3 is 0 Å². The van der Waals surface area contributed by atoms with Crippen LogP contribution in [0.15, 0.2) is 71.6 Å². The molecule has 3 aromatic rings. The van der Waals surface area contributed by atoms with Crippen LogP contribution >= 0.6 is 0 Å². The van der Waals surface area contributed by atoms with Gasteiger partial charge in [-0.1, -0.05) is 42.0 Å². The predicted molar refractivity (Wildman–Crippen MR) is 115 cm³/mol. The molecule has 0 amide bonds. The number of fused-ring (bicyclic) bond motifs is 4. The number of rotatable bonds is 4. The second kappa shape index (κ2) is 7.09. The highest BCUT2D eigenvalue weighted by Gasteiger charge is 2.57. The van der Waals surface area contributed by atoms with E-state index in [1.165, 1.54) is 4.31 Å². The highest BCUT2D eigenvalue weighted by Crippen LogP contribution is 2.52. The molecule has 2 bridgehead atoms. The Balaban J connectivity index is 1.66. The third kappa shape index (κ3) is 3.20. The lowest BCUT2D eigenvalue weighted by Gasteiger charge is -2.34. The zero-order valence-corrected chi connectivity index (χ0v) is 18.3. The average molecular weight is 438 g/mol. The molecule has 2 aliphatic heterocycles. The monoisotopic (exact) mass is 437 g/mol. The third-order valence-electron chi connectivity index (χ3n) is 5.77. The summed E-state index contributed by atoms with van der Waals surface area (Å²) >= 11 is 0. The normalized spacial score (nSPS) is 22.6. The Kier molecular flexibility index (Phi) is 4.58. The van der Waals surface area contributed by atoms with Crippen molar-refractivity contribution in [3.05, 3.63) is 89.0 Å². The van der Waals surface area contributed by atoms with Crippen LogP contribution < -0.4 is 9.47 Å². The van der Waals surface area contributed by atoms with E-state index < -0.39 is 22.0 Å². The zero-order chi connectivity index (χ0) is 21.8. The number of methoxy groups -OCH3 is 1. The Morgan fingerprint density at radius 2 is 1.74 bits per heavy atom. The minimum atomic E-state index is -3.83. The number of benzene rings is 3. The van der Waals surface area contributed by atoms with Gasteiger partial charge in [-0.2, -0.15) is 4.31 Å². The van der Waals surface area contributed by atoms with Crippen LogP contribution in [0.4, 0.5) is 0 Å². The summed E-state index contributed by atoms with van der Waals surface area (Å²) in [6, 6.07) is 19.9. The number of hydrogen-bond acceptors (Lipinski definition) is 5. The summed E-state index contributed by atoms with van der Waals surface area (Å²) in [5.41, 5.74) is 3.41. The van der Waals surface area contributed by atoms with Crippen LogP contribution in [0.5, 0.6) is 11.5 Å². The summed E-state index contributed by atoms with van der Waals surface area (Å²) in [6.07, 6.45) is -0.790. The minimum Gasteiger partial charge on any atom is -0.497 e. The first-order valence-corrected chi connectivity index (χ1v) is 11.5. The van der Waals surface area contributed by atoms with Crippen molar-refractivity contribution in [1.82, 2.24) is 4.31 Å². The largest absolute Gasteiger partial charge is 0.497 e. The molecule has 0 unspecified atom stereocenters. The highest BCUT2D eigenvalue weighted by molar-refractivity contribution is 7.89.